The van der Waals surface area contributed by atoms with E-state index in [1.165, 1.54) is 21.0 Å². The summed E-state index contributed by atoms with van der Waals surface area (Å²) in [5, 5.41) is 0. The fraction of sp³-hybridized carbons (Fsp3) is 0.615. The van der Waals surface area contributed by atoms with Gasteiger partial charge in [0.2, 0.25) is 10.0 Å². The van der Waals surface area contributed by atoms with Crippen LogP contribution in [0.3, 0.4) is 0 Å². The van der Waals surface area contributed by atoms with E-state index in [0.29, 0.717) is 0 Å². The van der Waals surface area contributed by atoms with Crippen LogP contribution in [-0.4, -0.2) is 34.1 Å². The van der Waals surface area contributed by atoms with Crippen molar-refractivity contribution in [1.82, 2.24) is 4.72 Å². The summed E-state index contributed by atoms with van der Waals surface area (Å²) in [6, 6.07) is -0.324. The lowest BCUT2D eigenvalue weighted by molar-refractivity contribution is 0.0595. The topological polar surface area (TPSA) is 112 Å². The molecule has 0 amide bonds. The van der Waals surface area contributed by atoms with E-state index in [2.05, 4.69) is 9.46 Å². The maximum atomic E-state index is 12.6. The van der Waals surface area contributed by atoms with E-state index in [4.69, 9.17) is 10.2 Å². The number of hydrogen-bond donors (Lipinski definition) is 2. The second-order valence-corrected chi connectivity index (χ2v) is 6.86. The van der Waals surface area contributed by atoms with E-state index in [-0.39, 0.29) is 40.5 Å². The lowest BCUT2D eigenvalue weighted by Gasteiger charge is -2.16. The van der Waals surface area contributed by atoms with Crippen molar-refractivity contribution in [2.45, 2.75) is 37.6 Å². The van der Waals surface area contributed by atoms with Gasteiger partial charge >= 0.3 is 5.97 Å². The van der Waals surface area contributed by atoms with Crippen molar-refractivity contribution in [3.05, 3.63) is 17.1 Å². The van der Waals surface area contributed by atoms with Gasteiger partial charge in [0, 0.05) is 12.6 Å². The molecule has 0 saturated heterocycles. The number of ether oxygens (including phenoxy) is 1. The Bertz CT molecular complexity index is 646. The van der Waals surface area contributed by atoms with Crippen molar-refractivity contribution in [1.29, 1.82) is 0 Å². The van der Waals surface area contributed by atoms with Gasteiger partial charge in [0.25, 0.3) is 0 Å². The first kappa shape index (κ1) is 16.0. The zero-order chi connectivity index (χ0) is 15.8. The molecule has 1 atom stereocenters. The van der Waals surface area contributed by atoms with E-state index >= 15 is 0 Å². The average Bonchev–Trinajstić information content (AvgIpc) is 3.20. The highest BCUT2D eigenvalue weighted by Gasteiger charge is 2.37. The number of rotatable bonds is 6. The van der Waals surface area contributed by atoms with Crippen LogP contribution in [0.5, 0.6) is 0 Å². The number of carbonyl (C=O) groups excluding carboxylic acids is 1. The minimum atomic E-state index is -3.90. The van der Waals surface area contributed by atoms with Crippen LogP contribution in [-0.2, 0) is 14.8 Å². The molecule has 8 heteroatoms. The van der Waals surface area contributed by atoms with Crippen molar-refractivity contribution in [3.8, 4) is 0 Å². The largest absolute Gasteiger partial charge is 0.465 e. The first-order valence-electron chi connectivity index (χ1n) is 6.72. The van der Waals surface area contributed by atoms with Gasteiger partial charge in [-0.25, -0.2) is 17.9 Å². The quantitative estimate of drug-likeness (QED) is 0.747. The Labute approximate surface area is 123 Å². The highest BCUT2D eigenvalue weighted by molar-refractivity contribution is 7.89. The molecule has 1 saturated carbocycles. The Kier molecular flexibility index (Phi) is 4.40. The SMILES string of the molecule is COC(=O)c1c(C)oc(C)c1S(=O)(=O)NC(CN)C1CC1. The zero-order valence-electron chi connectivity index (χ0n) is 12.3. The normalized spacial score (nSPS) is 16.8. The lowest BCUT2D eigenvalue weighted by atomic mass is 10.2. The van der Waals surface area contributed by atoms with Crippen molar-refractivity contribution in [2.24, 2.45) is 11.7 Å². The van der Waals surface area contributed by atoms with Gasteiger partial charge in [-0.05, 0) is 32.6 Å². The molecule has 3 N–H and O–H groups in total. The van der Waals surface area contributed by atoms with Crippen LogP contribution < -0.4 is 10.5 Å². The van der Waals surface area contributed by atoms with Crippen molar-refractivity contribution < 1.29 is 22.4 Å². The first-order valence-corrected chi connectivity index (χ1v) is 8.20. The molecular weight excluding hydrogens is 296 g/mol. The number of esters is 1. The zero-order valence-corrected chi connectivity index (χ0v) is 13.1. The maximum absolute atomic E-state index is 12.6. The van der Waals surface area contributed by atoms with E-state index in [1.54, 1.807) is 0 Å². The van der Waals surface area contributed by atoms with Crippen LogP contribution in [0.25, 0.3) is 0 Å². The third-order valence-electron chi connectivity index (χ3n) is 3.61. The molecule has 1 aromatic heterocycles. The van der Waals surface area contributed by atoms with Crippen LogP contribution in [0, 0.1) is 19.8 Å². The van der Waals surface area contributed by atoms with Crippen LogP contribution in [0.2, 0.25) is 0 Å². The van der Waals surface area contributed by atoms with Gasteiger partial charge < -0.3 is 14.9 Å². The number of nitrogens with two attached hydrogens (primary N) is 1. The van der Waals surface area contributed by atoms with Crippen LogP contribution in [0.15, 0.2) is 9.31 Å². The van der Waals surface area contributed by atoms with Gasteiger partial charge in [0.15, 0.2) is 0 Å². The number of hydrogen-bond acceptors (Lipinski definition) is 6. The molecule has 2 rings (SSSR count). The molecule has 1 fully saturated rings. The molecule has 1 aliphatic rings. The standard InChI is InChI=1S/C13H20N2O5S/c1-7-11(13(16)19-3)12(8(2)20-7)21(17,18)15-10(6-14)9-4-5-9/h9-10,15H,4-6,14H2,1-3H3. The molecular formula is C13H20N2O5S. The van der Waals surface area contributed by atoms with Gasteiger partial charge in [-0.15, -0.1) is 0 Å². The molecule has 1 unspecified atom stereocenters. The number of carbonyl (C=O) groups is 1. The predicted octanol–water partition coefficient (Wildman–Crippen LogP) is 0.699. The fourth-order valence-corrected chi connectivity index (χ4v) is 4.14. The summed E-state index contributed by atoms with van der Waals surface area (Å²) in [4.78, 5) is 11.7. The highest BCUT2D eigenvalue weighted by Crippen LogP contribution is 2.34. The molecule has 7 nitrogen and oxygen atoms in total. The molecule has 0 aliphatic heterocycles. The highest BCUT2D eigenvalue weighted by atomic mass is 32.2. The van der Waals surface area contributed by atoms with Gasteiger partial charge in [0.05, 0.1) is 7.11 Å². The van der Waals surface area contributed by atoms with E-state index in [0.717, 1.165) is 12.8 Å². The smallest absolute Gasteiger partial charge is 0.342 e. The number of nitrogens with one attached hydrogen (secondary N) is 1. The summed E-state index contributed by atoms with van der Waals surface area (Å²) < 4.78 is 37.7. The van der Waals surface area contributed by atoms with Crippen LogP contribution >= 0.6 is 0 Å². The fourth-order valence-electron chi connectivity index (χ4n) is 2.42. The molecule has 1 heterocycles. The number of methoxy groups -OCH3 is 1. The van der Waals surface area contributed by atoms with Crippen LogP contribution in [0.4, 0.5) is 0 Å². The molecule has 118 valence electrons. The molecule has 0 bridgehead atoms. The molecule has 0 radical (unpaired) electrons. The van der Waals surface area contributed by atoms with Gasteiger partial charge in [-0.2, -0.15) is 0 Å². The summed E-state index contributed by atoms with van der Waals surface area (Å²) in [6.45, 7) is 3.25. The summed E-state index contributed by atoms with van der Waals surface area (Å²) >= 11 is 0. The second-order valence-electron chi connectivity index (χ2n) is 5.21. The Hall–Kier alpha value is -1.38. The maximum Gasteiger partial charge on any atom is 0.342 e. The van der Waals surface area contributed by atoms with Crippen molar-refractivity contribution in [3.63, 3.8) is 0 Å². The Morgan fingerprint density at radius 1 is 1.43 bits per heavy atom. The van der Waals surface area contributed by atoms with Crippen LogP contribution in [0.1, 0.15) is 34.7 Å². The lowest BCUT2D eigenvalue weighted by Crippen LogP contribution is -2.42. The minimum absolute atomic E-state index is 0.0610. The third-order valence-corrected chi connectivity index (χ3v) is 5.26. The monoisotopic (exact) mass is 316 g/mol. The van der Waals surface area contributed by atoms with E-state index in [1.807, 2.05) is 0 Å². The molecule has 0 aromatic carbocycles. The predicted molar refractivity (Wildman–Crippen MR) is 75.4 cm³/mol. The molecule has 1 aromatic rings. The molecule has 21 heavy (non-hydrogen) atoms. The third kappa shape index (κ3) is 3.12. The van der Waals surface area contributed by atoms with Gasteiger partial charge in [-0.3, -0.25) is 0 Å². The first-order chi connectivity index (χ1) is 9.81. The van der Waals surface area contributed by atoms with Gasteiger partial charge in [0.1, 0.15) is 22.0 Å². The van der Waals surface area contributed by atoms with E-state index in [9.17, 15) is 13.2 Å². The van der Waals surface area contributed by atoms with Crippen molar-refractivity contribution >= 4 is 16.0 Å². The summed E-state index contributed by atoms with van der Waals surface area (Å²) in [5.74, 6) is -0.0949. The Balaban J connectivity index is 2.41. The van der Waals surface area contributed by atoms with Gasteiger partial charge in [-0.1, -0.05) is 0 Å². The number of aryl methyl sites for hydroxylation is 2. The Morgan fingerprint density at radius 2 is 2.05 bits per heavy atom. The molecule has 1 aliphatic carbocycles. The summed E-state index contributed by atoms with van der Waals surface area (Å²) in [7, 11) is -2.70. The van der Waals surface area contributed by atoms with E-state index < -0.39 is 16.0 Å². The van der Waals surface area contributed by atoms with Crippen molar-refractivity contribution in [2.75, 3.05) is 13.7 Å². The number of sulfonamides is 1. The number of furan rings is 1. The Morgan fingerprint density at radius 3 is 2.52 bits per heavy atom. The summed E-state index contributed by atoms with van der Waals surface area (Å²) in [5.41, 5.74) is 5.56. The molecule has 0 spiro atoms. The average molecular weight is 316 g/mol. The summed E-state index contributed by atoms with van der Waals surface area (Å²) in [6.07, 6.45) is 1.91. The minimum Gasteiger partial charge on any atom is -0.465 e. The second kappa shape index (κ2) is 5.78.